The second kappa shape index (κ2) is 7.27. The number of Topliss-reactive ketones (excluding diaryl/α,β-unsaturated/α-hetero) is 1. The molecule has 8 heteroatoms. The van der Waals surface area contributed by atoms with Crippen molar-refractivity contribution in [1.82, 2.24) is 19.9 Å². The largest absolute Gasteiger partial charge is 0.469 e. The van der Waals surface area contributed by atoms with Gasteiger partial charge in [-0.15, -0.1) is 0 Å². The molecule has 1 saturated heterocycles. The van der Waals surface area contributed by atoms with Gasteiger partial charge in [-0.2, -0.15) is 0 Å². The third kappa shape index (κ3) is 3.35. The second-order valence-corrected chi connectivity index (χ2v) is 7.50. The van der Waals surface area contributed by atoms with Crippen molar-refractivity contribution in [3.8, 4) is 0 Å². The van der Waals surface area contributed by atoms with E-state index in [1.165, 1.54) is 0 Å². The number of anilines is 2. The summed E-state index contributed by atoms with van der Waals surface area (Å²) in [6.45, 7) is 5.08. The predicted octanol–water partition coefficient (Wildman–Crippen LogP) is 2.41. The molecule has 148 valence electrons. The van der Waals surface area contributed by atoms with Gasteiger partial charge in [0.25, 0.3) is 0 Å². The van der Waals surface area contributed by atoms with Gasteiger partial charge in [-0.3, -0.25) is 4.79 Å². The molecule has 0 saturated carbocycles. The molecule has 1 atom stereocenters. The molecule has 0 aromatic carbocycles. The summed E-state index contributed by atoms with van der Waals surface area (Å²) < 4.78 is 5.54. The molecule has 0 amide bonds. The number of carbonyl (C=O) groups is 1. The Bertz CT molecular complexity index is 1010. The van der Waals surface area contributed by atoms with Crippen molar-refractivity contribution in [1.29, 1.82) is 0 Å². The first-order valence-corrected chi connectivity index (χ1v) is 9.90. The number of aromatic nitrogens is 4. The van der Waals surface area contributed by atoms with E-state index in [0.717, 1.165) is 49.3 Å². The molecule has 1 fully saturated rings. The minimum Gasteiger partial charge on any atom is -0.469 e. The first kappa shape index (κ1) is 17.8. The normalized spacial score (nSPS) is 19.3. The summed E-state index contributed by atoms with van der Waals surface area (Å²) in [4.78, 5) is 35.2. The number of carbonyl (C=O) groups excluding carboxylic acids is 1. The Hall–Kier alpha value is -3.29. The Balaban J connectivity index is 1.37. The number of ketones is 1. The SMILES string of the molecule is Cc1nc(N2CCN(c3ncccn3)CC2)nc2c1C(=O)CC(c1ccco1)C2. The maximum absolute atomic E-state index is 12.7. The molecule has 0 bridgehead atoms. The lowest BCUT2D eigenvalue weighted by molar-refractivity contribution is 0.0958. The number of rotatable bonds is 3. The van der Waals surface area contributed by atoms with Crippen LogP contribution in [0.2, 0.25) is 0 Å². The lowest BCUT2D eigenvalue weighted by atomic mass is 9.84. The minimum atomic E-state index is 0.0410. The average molecular weight is 390 g/mol. The van der Waals surface area contributed by atoms with E-state index < -0.39 is 0 Å². The van der Waals surface area contributed by atoms with Crippen molar-refractivity contribution in [3.63, 3.8) is 0 Å². The van der Waals surface area contributed by atoms with Gasteiger partial charge >= 0.3 is 0 Å². The average Bonchev–Trinajstić information content (AvgIpc) is 3.29. The first-order chi connectivity index (χ1) is 14.2. The second-order valence-electron chi connectivity index (χ2n) is 7.50. The first-order valence-electron chi connectivity index (χ1n) is 9.90. The smallest absolute Gasteiger partial charge is 0.225 e. The highest BCUT2D eigenvalue weighted by Crippen LogP contribution is 2.34. The highest BCUT2D eigenvalue weighted by molar-refractivity contribution is 5.99. The Morgan fingerprint density at radius 3 is 2.38 bits per heavy atom. The quantitative estimate of drug-likeness (QED) is 0.674. The van der Waals surface area contributed by atoms with Crippen LogP contribution in [0, 0.1) is 6.92 Å². The van der Waals surface area contributed by atoms with Gasteiger partial charge < -0.3 is 14.2 Å². The van der Waals surface area contributed by atoms with Gasteiger partial charge in [0.15, 0.2) is 5.78 Å². The Kier molecular flexibility index (Phi) is 4.46. The molecule has 1 aliphatic carbocycles. The molecule has 0 radical (unpaired) electrons. The van der Waals surface area contributed by atoms with E-state index in [1.807, 2.05) is 25.1 Å². The van der Waals surface area contributed by atoms with Gasteiger partial charge in [0.2, 0.25) is 11.9 Å². The summed E-state index contributed by atoms with van der Waals surface area (Å²) in [5.74, 6) is 2.43. The summed E-state index contributed by atoms with van der Waals surface area (Å²) in [7, 11) is 0. The van der Waals surface area contributed by atoms with Crippen LogP contribution in [0.25, 0.3) is 0 Å². The van der Waals surface area contributed by atoms with Gasteiger partial charge in [-0.25, -0.2) is 19.9 Å². The molecule has 1 aliphatic heterocycles. The standard InChI is InChI=1S/C21H22N6O2/c1-14-19-16(12-15(13-17(19)28)18-4-2-11-29-18)25-21(24-14)27-9-7-26(8-10-27)20-22-5-3-6-23-20/h2-6,11,15H,7-10,12-13H2,1H3. The van der Waals surface area contributed by atoms with E-state index in [-0.39, 0.29) is 11.7 Å². The van der Waals surface area contributed by atoms with Crippen LogP contribution in [0.5, 0.6) is 0 Å². The van der Waals surface area contributed by atoms with E-state index in [9.17, 15) is 4.79 Å². The number of piperazine rings is 1. The summed E-state index contributed by atoms with van der Waals surface area (Å²) in [5, 5.41) is 0. The molecule has 5 rings (SSSR count). The van der Waals surface area contributed by atoms with Crippen LogP contribution in [0.4, 0.5) is 11.9 Å². The number of furan rings is 1. The highest BCUT2D eigenvalue weighted by atomic mass is 16.3. The van der Waals surface area contributed by atoms with Crippen molar-refractivity contribution in [2.75, 3.05) is 36.0 Å². The van der Waals surface area contributed by atoms with Gasteiger partial charge in [-0.1, -0.05) is 0 Å². The van der Waals surface area contributed by atoms with Gasteiger partial charge in [0.1, 0.15) is 5.76 Å². The maximum Gasteiger partial charge on any atom is 0.225 e. The van der Waals surface area contributed by atoms with E-state index in [2.05, 4.69) is 24.8 Å². The summed E-state index contributed by atoms with van der Waals surface area (Å²) in [6.07, 6.45) is 6.32. The Morgan fingerprint density at radius 1 is 0.966 bits per heavy atom. The zero-order valence-electron chi connectivity index (χ0n) is 16.3. The predicted molar refractivity (Wildman–Crippen MR) is 107 cm³/mol. The van der Waals surface area contributed by atoms with Gasteiger partial charge in [0, 0.05) is 57.3 Å². The van der Waals surface area contributed by atoms with E-state index in [4.69, 9.17) is 9.40 Å². The molecule has 29 heavy (non-hydrogen) atoms. The zero-order valence-corrected chi connectivity index (χ0v) is 16.3. The van der Waals surface area contributed by atoms with Crippen molar-refractivity contribution in [3.05, 3.63) is 59.6 Å². The molecule has 3 aromatic heterocycles. The number of aryl methyl sites for hydroxylation is 1. The van der Waals surface area contributed by atoms with Gasteiger partial charge in [-0.05, 0) is 25.1 Å². The fraction of sp³-hybridized carbons (Fsp3) is 0.381. The number of hydrogen-bond donors (Lipinski definition) is 0. The monoisotopic (exact) mass is 390 g/mol. The third-order valence-corrected chi connectivity index (χ3v) is 5.65. The number of nitrogens with zero attached hydrogens (tertiary/aromatic N) is 6. The van der Waals surface area contributed by atoms with Crippen LogP contribution in [0.15, 0.2) is 41.3 Å². The fourth-order valence-electron chi connectivity index (χ4n) is 4.19. The van der Waals surface area contributed by atoms with Crippen LogP contribution in [0.1, 0.15) is 39.8 Å². The van der Waals surface area contributed by atoms with E-state index in [0.29, 0.717) is 24.4 Å². The van der Waals surface area contributed by atoms with Crippen LogP contribution in [-0.4, -0.2) is 51.9 Å². The van der Waals surface area contributed by atoms with Crippen molar-refractivity contribution >= 4 is 17.7 Å². The Labute approximate surface area is 168 Å². The molecule has 1 unspecified atom stereocenters. The molecule has 0 spiro atoms. The fourth-order valence-corrected chi connectivity index (χ4v) is 4.19. The lowest BCUT2D eigenvalue weighted by Gasteiger charge is -2.35. The Morgan fingerprint density at radius 2 is 1.69 bits per heavy atom. The van der Waals surface area contributed by atoms with E-state index >= 15 is 0 Å². The molecule has 0 N–H and O–H groups in total. The third-order valence-electron chi connectivity index (χ3n) is 5.65. The van der Waals surface area contributed by atoms with E-state index in [1.54, 1.807) is 18.7 Å². The molecular formula is C21H22N6O2. The number of fused-ring (bicyclic) bond motifs is 1. The minimum absolute atomic E-state index is 0.0410. The van der Waals surface area contributed by atoms with Crippen molar-refractivity contribution < 1.29 is 9.21 Å². The maximum atomic E-state index is 12.7. The lowest BCUT2D eigenvalue weighted by Crippen LogP contribution is -2.48. The number of hydrogen-bond acceptors (Lipinski definition) is 8. The molecule has 8 nitrogen and oxygen atoms in total. The van der Waals surface area contributed by atoms with Gasteiger partial charge in [0.05, 0.1) is 23.2 Å². The summed E-state index contributed by atoms with van der Waals surface area (Å²) in [6, 6.07) is 5.62. The molecular weight excluding hydrogens is 368 g/mol. The van der Waals surface area contributed by atoms with Crippen LogP contribution < -0.4 is 9.80 Å². The van der Waals surface area contributed by atoms with Crippen molar-refractivity contribution in [2.45, 2.75) is 25.7 Å². The topological polar surface area (TPSA) is 88.3 Å². The molecule has 4 heterocycles. The highest BCUT2D eigenvalue weighted by Gasteiger charge is 2.32. The summed E-state index contributed by atoms with van der Waals surface area (Å²) >= 11 is 0. The van der Waals surface area contributed by atoms with Crippen LogP contribution in [-0.2, 0) is 6.42 Å². The molecule has 2 aliphatic rings. The molecule has 3 aromatic rings. The zero-order chi connectivity index (χ0) is 19.8. The summed E-state index contributed by atoms with van der Waals surface area (Å²) in [5.41, 5.74) is 2.29. The van der Waals surface area contributed by atoms with Crippen LogP contribution >= 0.6 is 0 Å². The van der Waals surface area contributed by atoms with Crippen LogP contribution in [0.3, 0.4) is 0 Å². The van der Waals surface area contributed by atoms with Crippen molar-refractivity contribution in [2.24, 2.45) is 0 Å².